The molecule has 1 aromatic heterocycles. The number of hydrogen-bond donors (Lipinski definition) is 1. The van der Waals surface area contributed by atoms with Crippen molar-refractivity contribution in [2.45, 2.75) is 25.9 Å². The monoisotopic (exact) mass is 274 g/mol. The number of hydrogen-bond acceptors (Lipinski definition) is 5. The summed E-state index contributed by atoms with van der Waals surface area (Å²) >= 11 is 0. The van der Waals surface area contributed by atoms with Crippen LogP contribution in [0.2, 0.25) is 0 Å². The first-order valence-electron chi connectivity index (χ1n) is 5.56. The van der Waals surface area contributed by atoms with E-state index in [0.29, 0.717) is 18.7 Å². The molecular weight excluding hydrogens is 260 g/mol. The van der Waals surface area contributed by atoms with Gasteiger partial charge in [-0.2, -0.15) is 4.31 Å². The fourth-order valence-electron chi connectivity index (χ4n) is 1.83. The number of carboxylic acid groups (broad SMARTS) is 1. The molecule has 18 heavy (non-hydrogen) atoms. The Labute approximate surface area is 104 Å². The summed E-state index contributed by atoms with van der Waals surface area (Å²) in [6, 6.07) is 0. The van der Waals surface area contributed by atoms with Crippen LogP contribution in [0.15, 0.2) is 6.20 Å². The van der Waals surface area contributed by atoms with Crippen LogP contribution >= 0.6 is 0 Å². The fraction of sp³-hybridized carbons (Fsp3) is 0.667. The van der Waals surface area contributed by atoms with Gasteiger partial charge in [0.1, 0.15) is 6.54 Å². The Morgan fingerprint density at radius 1 is 1.44 bits per heavy atom. The molecule has 0 unspecified atom stereocenters. The average Bonchev–Trinajstić information content (AvgIpc) is 2.68. The van der Waals surface area contributed by atoms with Crippen molar-refractivity contribution >= 4 is 16.0 Å². The third-order valence-electron chi connectivity index (χ3n) is 2.67. The van der Waals surface area contributed by atoms with Gasteiger partial charge >= 0.3 is 5.97 Å². The molecule has 0 aromatic carbocycles. The lowest BCUT2D eigenvalue weighted by atomic mass is 10.3. The lowest BCUT2D eigenvalue weighted by Gasteiger charge is -2.25. The van der Waals surface area contributed by atoms with Gasteiger partial charge in [0.15, 0.2) is 0 Å². The number of aromatic nitrogens is 3. The average molecular weight is 274 g/mol. The zero-order valence-electron chi connectivity index (χ0n) is 9.69. The Morgan fingerprint density at radius 2 is 2.22 bits per heavy atom. The normalized spacial score (nSPS) is 19.8. The summed E-state index contributed by atoms with van der Waals surface area (Å²) in [5.41, 5.74) is 0.460. The summed E-state index contributed by atoms with van der Waals surface area (Å²) in [4.78, 5) is 10.5. The predicted molar refractivity (Wildman–Crippen MR) is 61.1 cm³/mol. The van der Waals surface area contributed by atoms with Gasteiger partial charge in [-0.1, -0.05) is 5.21 Å². The van der Waals surface area contributed by atoms with E-state index in [1.54, 1.807) is 0 Å². The van der Waals surface area contributed by atoms with Gasteiger partial charge in [0.05, 0.1) is 24.2 Å². The van der Waals surface area contributed by atoms with Crippen molar-refractivity contribution in [3.63, 3.8) is 0 Å². The molecule has 0 radical (unpaired) electrons. The SMILES string of the molecule is O=C(O)Cn1cc(CN2CCCCS2(=O)=O)nn1. The van der Waals surface area contributed by atoms with Crippen LogP contribution in [-0.4, -0.2) is 51.1 Å². The Kier molecular flexibility index (Phi) is 3.62. The third-order valence-corrected chi connectivity index (χ3v) is 4.58. The third kappa shape index (κ3) is 3.05. The predicted octanol–water partition coefficient (Wildman–Crippen LogP) is -0.712. The summed E-state index contributed by atoms with van der Waals surface area (Å²) < 4.78 is 26.0. The summed E-state index contributed by atoms with van der Waals surface area (Å²) in [6.07, 6.45) is 2.98. The quantitative estimate of drug-likeness (QED) is 0.777. The van der Waals surface area contributed by atoms with Gasteiger partial charge in [-0.15, -0.1) is 5.10 Å². The molecule has 8 nitrogen and oxygen atoms in total. The molecule has 0 atom stereocenters. The van der Waals surface area contributed by atoms with Crippen molar-refractivity contribution in [2.75, 3.05) is 12.3 Å². The summed E-state index contributed by atoms with van der Waals surface area (Å²) in [5, 5.41) is 16.0. The molecule has 1 fully saturated rings. The fourth-order valence-corrected chi connectivity index (χ4v) is 3.39. The van der Waals surface area contributed by atoms with Crippen LogP contribution in [0.1, 0.15) is 18.5 Å². The van der Waals surface area contributed by atoms with Gasteiger partial charge in [0.2, 0.25) is 10.0 Å². The van der Waals surface area contributed by atoms with Crippen LogP contribution < -0.4 is 0 Å². The maximum atomic E-state index is 11.7. The highest BCUT2D eigenvalue weighted by molar-refractivity contribution is 7.89. The molecule has 0 aliphatic carbocycles. The first-order valence-corrected chi connectivity index (χ1v) is 7.17. The van der Waals surface area contributed by atoms with E-state index < -0.39 is 16.0 Å². The highest BCUT2D eigenvalue weighted by atomic mass is 32.2. The highest BCUT2D eigenvalue weighted by Crippen LogP contribution is 2.15. The van der Waals surface area contributed by atoms with Crippen molar-refractivity contribution in [2.24, 2.45) is 0 Å². The van der Waals surface area contributed by atoms with E-state index in [-0.39, 0.29) is 18.8 Å². The molecule has 1 aliphatic rings. The van der Waals surface area contributed by atoms with E-state index in [4.69, 9.17) is 5.11 Å². The molecule has 1 aliphatic heterocycles. The molecule has 1 saturated heterocycles. The Balaban J connectivity index is 2.04. The van der Waals surface area contributed by atoms with E-state index in [0.717, 1.165) is 6.42 Å². The van der Waals surface area contributed by atoms with Crippen LogP contribution in [0.5, 0.6) is 0 Å². The van der Waals surface area contributed by atoms with E-state index in [1.807, 2.05) is 0 Å². The van der Waals surface area contributed by atoms with Crippen LogP contribution in [0.4, 0.5) is 0 Å². The minimum absolute atomic E-state index is 0.155. The largest absolute Gasteiger partial charge is 0.480 e. The maximum absolute atomic E-state index is 11.7. The van der Waals surface area contributed by atoms with Gasteiger partial charge in [-0.25, -0.2) is 13.1 Å². The summed E-state index contributed by atoms with van der Waals surface area (Å²) in [6.45, 7) is 0.357. The molecule has 0 spiro atoms. The Bertz CT molecular complexity index is 539. The van der Waals surface area contributed by atoms with Gasteiger partial charge < -0.3 is 5.11 Å². The lowest BCUT2D eigenvalue weighted by molar-refractivity contribution is -0.137. The Hall–Kier alpha value is -1.48. The molecular formula is C9H14N4O4S. The van der Waals surface area contributed by atoms with Crippen LogP contribution in [-0.2, 0) is 27.9 Å². The van der Waals surface area contributed by atoms with Crippen LogP contribution in [0.25, 0.3) is 0 Å². The number of rotatable bonds is 4. The summed E-state index contributed by atoms with van der Waals surface area (Å²) in [5.74, 6) is -0.854. The molecule has 0 saturated carbocycles. The lowest BCUT2D eigenvalue weighted by Crippen LogP contribution is -2.37. The molecule has 0 bridgehead atoms. The highest BCUT2D eigenvalue weighted by Gasteiger charge is 2.26. The zero-order chi connectivity index (χ0) is 13.2. The van der Waals surface area contributed by atoms with Gasteiger partial charge in [0.25, 0.3) is 0 Å². The second kappa shape index (κ2) is 5.02. The first kappa shape index (κ1) is 13.0. The number of sulfonamides is 1. The minimum atomic E-state index is -3.20. The van der Waals surface area contributed by atoms with Crippen LogP contribution in [0, 0.1) is 0 Å². The number of carbonyl (C=O) groups is 1. The van der Waals surface area contributed by atoms with Crippen molar-refractivity contribution in [1.29, 1.82) is 0 Å². The standard InChI is InChI=1S/C9H14N4O4S/c14-9(15)7-12-5-8(10-11-12)6-13-3-1-2-4-18(13,16)17/h5H,1-4,6-7H2,(H,14,15). The van der Waals surface area contributed by atoms with Crippen LogP contribution in [0.3, 0.4) is 0 Å². The van der Waals surface area contributed by atoms with E-state index in [2.05, 4.69) is 10.3 Å². The molecule has 2 rings (SSSR count). The number of nitrogens with zero attached hydrogens (tertiary/aromatic N) is 4. The van der Waals surface area contributed by atoms with E-state index >= 15 is 0 Å². The van der Waals surface area contributed by atoms with Crippen molar-refractivity contribution in [3.05, 3.63) is 11.9 Å². The molecule has 9 heteroatoms. The molecule has 100 valence electrons. The van der Waals surface area contributed by atoms with Crippen molar-refractivity contribution in [1.82, 2.24) is 19.3 Å². The van der Waals surface area contributed by atoms with Crippen molar-refractivity contribution < 1.29 is 18.3 Å². The number of aliphatic carboxylic acids is 1. The maximum Gasteiger partial charge on any atom is 0.325 e. The number of carboxylic acids is 1. The molecule has 0 amide bonds. The first-order chi connectivity index (χ1) is 8.47. The van der Waals surface area contributed by atoms with E-state index in [9.17, 15) is 13.2 Å². The van der Waals surface area contributed by atoms with E-state index in [1.165, 1.54) is 15.2 Å². The summed E-state index contributed by atoms with van der Waals surface area (Å²) in [7, 11) is -3.20. The second-order valence-electron chi connectivity index (χ2n) is 4.16. The van der Waals surface area contributed by atoms with Gasteiger partial charge in [-0.05, 0) is 12.8 Å². The second-order valence-corrected chi connectivity index (χ2v) is 6.25. The minimum Gasteiger partial charge on any atom is -0.480 e. The van der Waals surface area contributed by atoms with Crippen molar-refractivity contribution in [3.8, 4) is 0 Å². The Morgan fingerprint density at radius 3 is 2.89 bits per heavy atom. The smallest absolute Gasteiger partial charge is 0.325 e. The molecule has 1 aromatic rings. The zero-order valence-corrected chi connectivity index (χ0v) is 10.5. The topological polar surface area (TPSA) is 105 Å². The molecule has 2 heterocycles. The van der Waals surface area contributed by atoms with Gasteiger partial charge in [0, 0.05) is 6.54 Å². The van der Waals surface area contributed by atoms with Gasteiger partial charge in [-0.3, -0.25) is 4.79 Å². The molecule has 1 N–H and O–H groups in total.